The fraction of sp³-hybridized carbons (Fsp3) is 0.700. The van der Waals surface area contributed by atoms with Gasteiger partial charge in [0.1, 0.15) is 18.5 Å². The summed E-state index contributed by atoms with van der Waals surface area (Å²) in [4.78, 5) is 2.36. The summed E-state index contributed by atoms with van der Waals surface area (Å²) in [5, 5.41) is 10.4. The minimum atomic E-state index is -0.423. The van der Waals surface area contributed by atoms with E-state index < -0.39 is 6.10 Å². The Balaban J connectivity index is 2.00. The van der Waals surface area contributed by atoms with Gasteiger partial charge in [-0.25, -0.2) is 0 Å². The molecule has 1 aromatic rings. The van der Waals surface area contributed by atoms with E-state index in [1.165, 1.54) is 30.4 Å². The van der Waals surface area contributed by atoms with Crippen molar-refractivity contribution in [3.05, 3.63) is 29.3 Å². The van der Waals surface area contributed by atoms with Crippen LogP contribution in [0.25, 0.3) is 0 Å². The molecule has 1 N–H and O–H groups in total. The number of rotatable bonds is 7. The normalized spacial score (nSPS) is 17.7. The molecule has 1 fully saturated rings. The number of aliphatic hydroxyl groups is 1. The molecule has 1 aromatic carbocycles. The number of nitrogens with zero attached hydrogens (tertiary/aromatic N) is 1. The first-order chi connectivity index (χ1) is 11.0. The highest BCUT2D eigenvalue weighted by atomic mass is 16.5. The zero-order valence-corrected chi connectivity index (χ0v) is 15.2. The molecule has 1 unspecified atom stereocenters. The molecule has 0 radical (unpaired) electrons. The first-order valence-corrected chi connectivity index (χ1v) is 9.15. The number of benzene rings is 1. The van der Waals surface area contributed by atoms with E-state index in [1.807, 2.05) is 0 Å². The van der Waals surface area contributed by atoms with E-state index in [2.05, 4.69) is 50.8 Å². The molecule has 1 aliphatic heterocycles. The maximum Gasteiger partial charge on any atom is 0.126 e. The Morgan fingerprint density at radius 2 is 1.57 bits per heavy atom. The topological polar surface area (TPSA) is 32.7 Å². The van der Waals surface area contributed by atoms with Crippen LogP contribution in [0.2, 0.25) is 0 Å². The number of piperidine rings is 1. The Kier molecular flexibility index (Phi) is 6.91. The third-order valence-electron chi connectivity index (χ3n) is 4.66. The maximum absolute atomic E-state index is 10.4. The molecular formula is C20H33NO2. The van der Waals surface area contributed by atoms with Crippen LogP contribution in [-0.4, -0.2) is 42.4 Å². The Morgan fingerprint density at radius 1 is 1.00 bits per heavy atom. The smallest absolute Gasteiger partial charge is 0.126 e. The molecule has 3 nitrogen and oxygen atoms in total. The molecule has 0 bridgehead atoms. The van der Waals surface area contributed by atoms with Crippen molar-refractivity contribution in [1.82, 2.24) is 4.90 Å². The lowest BCUT2D eigenvalue weighted by atomic mass is 9.94. The van der Waals surface area contributed by atoms with E-state index in [9.17, 15) is 5.11 Å². The number of hydrogen-bond donors (Lipinski definition) is 1. The third kappa shape index (κ3) is 5.22. The van der Waals surface area contributed by atoms with E-state index in [0.29, 0.717) is 18.4 Å². The quantitative estimate of drug-likeness (QED) is 0.819. The summed E-state index contributed by atoms with van der Waals surface area (Å²) >= 11 is 0. The predicted octanol–water partition coefficient (Wildman–Crippen LogP) is 4.16. The molecule has 0 aliphatic carbocycles. The number of hydrogen-bond acceptors (Lipinski definition) is 3. The second-order valence-electron chi connectivity index (χ2n) is 7.40. The molecule has 1 aliphatic rings. The monoisotopic (exact) mass is 319 g/mol. The van der Waals surface area contributed by atoms with Gasteiger partial charge in [-0.3, -0.25) is 0 Å². The lowest BCUT2D eigenvalue weighted by Crippen LogP contribution is -2.38. The Labute approximate surface area is 141 Å². The minimum Gasteiger partial charge on any atom is -0.490 e. The minimum absolute atomic E-state index is 0.375. The first-order valence-electron chi connectivity index (χ1n) is 9.15. The van der Waals surface area contributed by atoms with Gasteiger partial charge < -0.3 is 14.7 Å². The van der Waals surface area contributed by atoms with Crippen LogP contribution < -0.4 is 4.74 Å². The SMILES string of the molecule is CC(C)c1cccc(C(C)C)c1OCC(O)CN1CCCCC1. The van der Waals surface area contributed by atoms with Crippen molar-refractivity contribution in [2.45, 2.75) is 64.9 Å². The van der Waals surface area contributed by atoms with E-state index in [-0.39, 0.29) is 0 Å². The number of para-hydroxylation sites is 1. The van der Waals surface area contributed by atoms with Crippen LogP contribution in [0.5, 0.6) is 5.75 Å². The summed E-state index contributed by atoms with van der Waals surface area (Å²) in [5.74, 6) is 1.82. The highest BCUT2D eigenvalue weighted by Crippen LogP contribution is 2.34. The first kappa shape index (κ1) is 18.3. The van der Waals surface area contributed by atoms with Crippen molar-refractivity contribution >= 4 is 0 Å². The van der Waals surface area contributed by atoms with Crippen LogP contribution in [-0.2, 0) is 0 Å². The molecule has 2 rings (SSSR count). The molecule has 3 heteroatoms. The molecular weight excluding hydrogens is 286 g/mol. The third-order valence-corrected chi connectivity index (χ3v) is 4.66. The Morgan fingerprint density at radius 3 is 2.09 bits per heavy atom. The maximum atomic E-state index is 10.4. The second kappa shape index (κ2) is 8.70. The van der Waals surface area contributed by atoms with Gasteiger partial charge in [0.15, 0.2) is 0 Å². The number of β-amino-alcohol motifs (C(OH)–C–C–N with tert-alkyl or cyclic N) is 1. The summed E-state index contributed by atoms with van der Waals surface area (Å²) < 4.78 is 6.12. The average Bonchev–Trinajstić information content (AvgIpc) is 2.53. The van der Waals surface area contributed by atoms with Gasteiger partial charge in [-0.05, 0) is 48.9 Å². The van der Waals surface area contributed by atoms with Crippen LogP contribution in [0.15, 0.2) is 18.2 Å². The number of likely N-dealkylation sites (tertiary alicyclic amines) is 1. The Hall–Kier alpha value is -1.06. The van der Waals surface area contributed by atoms with Crippen molar-refractivity contribution in [2.24, 2.45) is 0 Å². The summed E-state index contributed by atoms with van der Waals surface area (Å²) in [6.07, 6.45) is 3.40. The van der Waals surface area contributed by atoms with E-state index in [0.717, 1.165) is 25.4 Å². The van der Waals surface area contributed by atoms with Gasteiger partial charge in [-0.15, -0.1) is 0 Å². The van der Waals surface area contributed by atoms with Crippen molar-refractivity contribution in [3.8, 4) is 5.75 Å². The predicted molar refractivity (Wildman–Crippen MR) is 96.4 cm³/mol. The van der Waals surface area contributed by atoms with Gasteiger partial charge in [-0.1, -0.05) is 52.3 Å². The second-order valence-corrected chi connectivity index (χ2v) is 7.40. The lowest BCUT2D eigenvalue weighted by molar-refractivity contribution is 0.0609. The number of aliphatic hydroxyl groups excluding tert-OH is 1. The molecule has 1 saturated heterocycles. The zero-order chi connectivity index (χ0) is 16.8. The number of ether oxygens (including phenoxy) is 1. The molecule has 130 valence electrons. The largest absolute Gasteiger partial charge is 0.490 e. The molecule has 0 spiro atoms. The van der Waals surface area contributed by atoms with Gasteiger partial charge >= 0.3 is 0 Å². The highest BCUT2D eigenvalue weighted by molar-refractivity contribution is 5.44. The molecule has 0 amide bonds. The van der Waals surface area contributed by atoms with E-state index in [4.69, 9.17) is 4.74 Å². The van der Waals surface area contributed by atoms with Crippen LogP contribution in [0, 0.1) is 0 Å². The Bertz CT molecular complexity index is 452. The standard InChI is InChI=1S/C20H33NO2/c1-15(2)18-9-8-10-19(16(3)4)20(18)23-14-17(22)13-21-11-6-5-7-12-21/h8-10,15-17,22H,5-7,11-14H2,1-4H3. The fourth-order valence-electron chi connectivity index (χ4n) is 3.32. The van der Waals surface area contributed by atoms with Gasteiger partial charge in [0.2, 0.25) is 0 Å². The van der Waals surface area contributed by atoms with Crippen LogP contribution >= 0.6 is 0 Å². The molecule has 1 atom stereocenters. The van der Waals surface area contributed by atoms with Crippen molar-refractivity contribution in [3.63, 3.8) is 0 Å². The summed E-state index contributed by atoms with van der Waals surface area (Å²) in [6, 6.07) is 6.40. The van der Waals surface area contributed by atoms with Gasteiger partial charge in [0.05, 0.1) is 0 Å². The van der Waals surface area contributed by atoms with Crippen LogP contribution in [0.4, 0.5) is 0 Å². The van der Waals surface area contributed by atoms with Crippen molar-refractivity contribution < 1.29 is 9.84 Å². The highest BCUT2D eigenvalue weighted by Gasteiger charge is 2.18. The summed E-state index contributed by atoms with van der Waals surface area (Å²) in [5.41, 5.74) is 2.47. The van der Waals surface area contributed by atoms with Crippen LogP contribution in [0.3, 0.4) is 0 Å². The summed E-state index contributed by atoms with van der Waals surface area (Å²) in [7, 11) is 0. The molecule has 0 aromatic heterocycles. The van der Waals surface area contributed by atoms with E-state index in [1.54, 1.807) is 0 Å². The summed E-state index contributed by atoms with van der Waals surface area (Å²) in [6.45, 7) is 12.1. The van der Waals surface area contributed by atoms with Gasteiger partial charge in [-0.2, -0.15) is 0 Å². The van der Waals surface area contributed by atoms with Crippen molar-refractivity contribution in [2.75, 3.05) is 26.2 Å². The van der Waals surface area contributed by atoms with Gasteiger partial charge in [0.25, 0.3) is 0 Å². The molecule has 1 heterocycles. The fourth-order valence-corrected chi connectivity index (χ4v) is 3.32. The molecule has 23 heavy (non-hydrogen) atoms. The van der Waals surface area contributed by atoms with Crippen LogP contribution in [0.1, 0.15) is 69.9 Å². The van der Waals surface area contributed by atoms with Gasteiger partial charge in [0, 0.05) is 6.54 Å². The average molecular weight is 319 g/mol. The zero-order valence-electron chi connectivity index (χ0n) is 15.2. The van der Waals surface area contributed by atoms with Crippen molar-refractivity contribution in [1.29, 1.82) is 0 Å². The molecule has 0 saturated carbocycles. The van der Waals surface area contributed by atoms with E-state index >= 15 is 0 Å². The lowest BCUT2D eigenvalue weighted by Gasteiger charge is -2.29.